The van der Waals surface area contributed by atoms with Crippen LogP contribution < -0.4 is 5.32 Å². The molecular formula is C14H22ClN. The Morgan fingerprint density at radius 1 is 1.25 bits per heavy atom. The van der Waals surface area contributed by atoms with Crippen LogP contribution in [-0.4, -0.2) is 18.0 Å². The molecule has 1 N–H and O–H groups in total. The van der Waals surface area contributed by atoms with E-state index < -0.39 is 0 Å². The topological polar surface area (TPSA) is 12.0 Å². The lowest BCUT2D eigenvalue weighted by atomic mass is 10.1. The first-order valence-corrected chi connectivity index (χ1v) is 6.65. The average Bonchev–Trinajstić information content (AvgIpc) is 2.30. The summed E-state index contributed by atoms with van der Waals surface area (Å²) in [5.41, 5.74) is 1.35. The van der Waals surface area contributed by atoms with Gasteiger partial charge in [0.1, 0.15) is 0 Å². The van der Waals surface area contributed by atoms with E-state index in [2.05, 4.69) is 43.4 Å². The van der Waals surface area contributed by atoms with E-state index in [4.69, 9.17) is 11.6 Å². The number of nitrogens with one attached hydrogen (secondary N) is 1. The minimum Gasteiger partial charge on any atom is -0.310 e. The zero-order chi connectivity index (χ0) is 11.8. The number of hydrogen-bond donors (Lipinski definition) is 1. The molecule has 0 aromatic heterocycles. The molecule has 0 heterocycles. The van der Waals surface area contributed by atoms with Gasteiger partial charge in [0.25, 0.3) is 0 Å². The van der Waals surface area contributed by atoms with Gasteiger partial charge in [0.05, 0.1) is 0 Å². The summed E-state index contributed by atoms with van der Waals surface area (Å²) >= 11 is 6.00. The van der Waals surface area contributed by atoms with Gasteiger partial charge >= 0.3 is 0 Å². The van der Waals surface area contributed by atoms with Gasteiger partial charge in [-0.2, -0.15) is 0 Å². The van der Waals surface area contributed by atoms with E-state index in [1.165, 1.54) is 18.4 Å². The summed E-state index contributed by atoms with van der Waals surface area (Å²) in [5, 5.41) is 3.58. The van der Waals surface area contributed by atoms with Crippen molar-refractivity contribution in [3.63, 3.8) is 0 Å². The van der Waals surface area contributed by atoms with E-state index in [9.17, 15) is 0 Å². The molecule has 0 aliphatic carbocycles. The van der Waals surface area contributed by atoms with Crippen LogP contribution in [0.1, 0.15) is 32.3 Å². The van der Waals surface area contributed by atoms with E-state index >= 15 is 0 Å². The number of benzene rings is 1. The third kappa shape index (κ3) is 5.00. The maximum Gasteiger partial charge on any atom is 0.0380 e. The monoisotopic (exact) mass is 239 g/mol. The van der Waals surface area contributed by atoms with Gasteiger partial charge in [0.15, 0.2) is 0 Å². The fourth-order valence-corrected chi connectivity index (χ4v) is 2.17. The van der Waals surface area contributed by atoms with Gasteiger partial charge in [-0.15, -0.1) is 11.6 Å². The van der Waals surface area contributed by atoms with Crippen LogP contribution in [0.3, 0.4) is 0 Å². The zero-order valence-electron chi connectivity index (χ0n) is 10.2. The SMILES string of the molecule is CCCC(C)NC(CCl)Cc1ccccc1. The van der Waals surface area contributed by atoms with Crippen molar-refractivity contribution in [1.82, 2.24) is 5.32 Å². The standard InChI is InChI=1S/C14H22ClN/c1-3-7-12(2)16-14(11-15)10-13-8-5-4-6-9-13/h4-6,8-9,12,14,16H,3,7,10-11H2,1-2H3. The molecule has 16 heavy (non-hydrogen) atoms. The molecule has 90 valence electrons. The van der Waals surface area contributed by atoms with Crippen LogP contribution in [0.4, 0.5) is 0 Å². The molecule has 0 saturated carbocycles. The number of rotatable bonds is 7. The van der Waals surface area contributed by atoms with Crippen molar-refractivity contribution in [1.29, 1.82) is 0 Å². The normalized spacial score (nSPS) is 14.7. The summed E-state index contributed by atoms with van der Waals surface area (Å²) in [6.07, 6.45) is 3.44. The van der Waals surface area contributed by atoms with Crippen molar-refractivity contribution in [3.05, 3.63) is 35.9 Å². The van der Waals surface area contributed by atoms with Gasteiger partial charge in [-0.25, -0.2) is 0 Å². The van der Waals surface area contributed by atoms with E-state index in [0.717, 1.165) is 6.42 Å². The Balaban J connectivity index is 2.43. The predicted molar refractivity (Wildman–Crippen MR) is 72.2 cm³/mol. The van der Waals surface area contributed by atoms with Gasteiger partial charge in [-0.1, -0.05) is 43.7 Å². The van der Waals surface area contributed by atoms with Crippen molar-refractivity contribution in [3.8, 4) is 0 Å². The second kappa shape index (κ2) is 7.70. The lowest BCUT2D eigenvalue weighted by Gasteiger charge is -2.21. The Morgan fingerprint density at radius 2 is 1.94 bits per heavy atom. The van der Waals surface area contributed by atoms with Crippen LogP contribution in [0.5, 0.6) is 0 Å². The summed E-state index contributed by atoms with van der Waals surface area (Å²) in [6, 6.07) is 11.5. The highest BCUT2D eigenvalue weighted by molar-refractivity contribution is 6.18. The Morgan fingerprint density at radius 3 is 2.50 bits per heavy atom. The van der Waals surface area contributed by atoms with Crippen LogP contribution in [0, 0.1) is 0 Å². The number of alkyl halides is 1. The third-order valence-corrected chi connectivity index (χ3v) is 3.13. The fraction of sp³-hybridized carbons (Fsp3) is 0.571. The molecule has 0 amide bonds. The van der Waals surface area contributed by atoms with Gasteiger partial charge in [0.2, 0.25) is 0 Å². The first-order chi connectivity index (χ1) is 7.76. The highest BCUT2D eigenvalue weighted by Gasteiger charge is 2.10. The summed E-state index contributed by atoms with van der Waals surface area (Å²) in [4.78, 5) is 0. The smallest absolute Gasteiger partial charge is 0.0380 e. The maximum absolute atomic E-state index is 6.00. The van der Waals surface area contributed by atoms with Crippen molar-refractivity contribution in [2.75, 3.05) is 5.88 Å². The van der Waals surface area contributed by atoms with Crippen molar-refractivity contribution in [2.45, 2.75) is 45.2 Å². The summed E-state index contributed by atoms with van der Waals surface area (Å²) in [5.74, 6) is 0.670. The molecule has 0 saturated heterocycles. The molecule has 0 aliphatic heterocycles. The van der Waals surface area contributed by atoms with E-state index in [0.29, 0.717) is 18.0 Å². The van der Waals surface area contributed by atoms with Gasteiger partial charge < -0.3 is 5.32 Å². The highest BCUT2D eigenvalue weighted by Crippen LogP contribution is 2.06. The highest BCUT2D eigenvalue weighted by atomic mass is 35.5. The van der Waals surface area contributed by atoms with Gasteiger partial charge in [0, 0.05) is 18.0 Å². The second-order valence-corrected chi connectivity index (χ2v) is 4.71. The molecule has 0 spiro atoms. The molecule has 1 nitrogen and oxygen atoms in total. The molecule has 2 unspecified atom stereocenters. The first kappa shape index (κ1) is 13.5. The molecule has 0 radical (unpaired) electrons. The van der Waals surface area contributed by atoms with Crippen LogP contribution in [-0.2, 0) is 6.42 Å². The van der Waals surface area contributed by atoms with E-state index in [1.54, 1.807) is 0 Å². The third-order valence-electron chi connectivity index (χ3n) is 2.75. The van der Waals surface area contributed by atoms with Gasteiger partial charge in [-0.3, -0.25) is 0 Å². The fourth-order valence-electron chi connectivity index (χ4n) is 1.98. The second-order valence-electron chi connectivity index (χ2n) is 4.40. The molecule has 1 aromatic rings. The average molecular weight is 240 g/mol. The number of halogens is 1. The number of hydrogen-bond acceptors (Lipinski definition) is 1. The lowest BCUT2D eigenvalue weighted by Crippen LogP contribution is -2.39. The van der Waals surface area contributed by atoms with Crippen molar-refractivity contribution >= 4 is 11.6 Å². The molecule has 2 atom stereocenters. The lowest BCUT2D eigenvalue weighted by molar-refractivity contribution is 0.444. The Hall–Kier alpha value is -0.530. The van der Waals surface area contributed by atoms with E-state index in [1.807, 2.05) is 6.07 Å². The predicted octanol–water partition coefficient (Wildman–Crippen LogP) is 3.61. The molecule has 0 fully saturated rings. The molecule has 1 rings (SSSR count). The Labute approximate surface area is 104 Å². The van der Waals surface area contributed by atoms with E-state index in [-0.39, 0.29) is 0 Å². The van der Waals surface area contributed by atoms with Crippen molar-refractivity contribution in [2.24, 2.45) is 0 Å². The minimum atomic E-state index is 0.380. The van der Waals surface area contributed by atoms with Crippen LogP contribution in [0.15, 0.2) is 30.3 Å². The molecule has 0 bridgehead atoms. The van der Waals surface area contributed by atoms with Crippen molar-refractivity contribution < 1.29 is 0 Å². The summed E-state index contributed by atoms with van der Waals surface area (Å²) in [7, 11) is 0. The largest absolute Gasteiger partial charge is 0.310 e. The summed E-state index contributed by atoms with van der Waals surface area (Å²) in [6.45, 7) is 4.44. The van der Waals surface area contributed by atoms with Gasteiger partial charge in [-0.05, 0) is 25.3 Å². The minimum absolute atomic E-state index is 0.380. The first-order valence-electron chi connectivity index (χ1n) is 6.12. The quantitative estimate of drug-likeness (QED) is 0.717. The summed E-state index contributed by atoms with van der Waals surface area (Å²) < 4.78 is 0. The molecular weight excluding hydrogens is 218 g/mol. The van der Waals surface area contributed by atoms with Crippen LogP contribution >= 0.6 is 11.6 Å². The Kier molecular flexibility index (Phi) is 6.51. The zero-order valence-corrected chi connectivity index (χ0v) is 11.0. The van der Waals surface area contributed by atoms with Crippen LogP contribution in [0.25, 0.3) is 0 Å². The molecule has 2 heteroatoms. The Bertz CT molecular complexity index is 273. The maximum atomic E-state index is 6.00. The van der Waals surface area contributed by atoms with Crippen LogP contribution in [0.2, 0.25) is 0 Å². The molecule has 1 aromatic carbocycles. The molecule has 0 aliphatic rings.